The van der Waals surface area contributed by atoms with Crippen molar-refractivity contribution < 1.29 is 19.4 Å². The normalized spacial score (nSPS) is 12.0. The van der Waals surface area contributed by atoms with E-state index in [4.69, 9.17) is 9.47 Å². The second-order valence-corrected chi connectivity index (χ2v) is 4.30. The Kier molecular flexibility index (Phi) is 4.89. The van der Waals surface area contributed by atoms with Gasteiger partial charge in [-0.3, -0.25) is 0 Å². The van der Waals surface area contributed by atoms with Crippen LogP contribution in [0.3, 0.4) is 0 Å². The number of rotatable bonds is 6. The maximum atomic E-state index is 11.5. The molecule has 21 heavy (non-hydrogen) atoms. The molecule has 0 aliphatic heterocycles. The zero-order chi connectivity index (χ0) is 15.2. The minimum Gasteiger partial charge on any atom is -0.496 e. The molecular weight excluding hydrogens is 274 g/mol. The van der Waals surface area contributed by atoms with Gasteiger partial charge in [-0.1, -0.05) is 23.4 Å². The second kappa shape index (κ2) is 6.85. The number of methoxy groups -OCH3 is 1. The van der Waals surface area contributed by atoms with E-state index < -0.39 is 12.1 Å². The molecule has 0 unspecified atom stereocenters. The van der Waals surface area contributed by atoms with Crippen LogP contribution in [-0.4, -0.2) is 39.8 Å². The lowest BCUT2D eigenvalue weighted by Crippen LogP contribution is -2.10. The zero-order valence-electron chi connectivity index (χ0n) is 11.9. The number of carbonyl (C=O) groups is 1. The largest absolute Gasteiger partial charge is 0.496 e. The number of benzene rings is 1. The third kappa shape index (κ3) is 3.57. The zero-order valence-corrected chi connectivity index (χ0v) is 11.9. The molecule has 0 aliphatic rings. The van der Waals surface area contributed by atoms with E-state index in [0.717, 1.165) is 0 Å². The second-order valence-electron chi connectivity index (χ2n) is 4.30. The first kappa shape index (κ1) is 15.0. The summed E-state index contributed by atoms with van der Waals surface area (Å²) in [6.45, 7) is 2.15. The molecule has 7 heteroatoms. The molecule has 0 saturated heterocycles. The molecule has 0 amide bonds. The fourth-order valence-electron chi connectivity index (χ4n) is 1.90. The van der Waals surface area contributed by atoms with Crippen LogP contribution in [0.25, 0.3) is 0 Å². The highest BCUT2D eigenvalue weighted by Crippen LogP contribution is 2.25. The fraction of sp³-hybridized carbons (Fsp3) is 0.357. The van der Waals surface area contributed by atoms with E-state index in [0.29, 0.717) is 11.3 Å². The van der Waals surface area contributed by atoms with Gasteiger partial charge in [0.05, 0.1) is 26.5 Å². The predicted molar refractivity (Wildman–Crippen MR) is 73.9 cm³/mol. The Hall–Kier alpha value is -2.41. The molecule has 1 heterocycles. The van der Waals surface area contributed by atoms with Crippen LogP contribution in [0.15, 0.2) is 30.5 Å². The van der Waals surface area contributed by atoms with Crippen molar-refractivity contribution in [3.63, 3.8) is 0 Å². The molecule has 0 radical (unpaired) electrons. The molecule has 0 spiro atoms. The van der Waals surface area contributed by atoms with Crippen LogP contribution in [-0.2, 0) is 11.3 Å². The molecule has 0 fully saturated rings. The molecule has 0 saturated carbocycles. The highest BCUT2D eigenvalue weighted by molar-refractivity contribution is 5.86. The number of aliphatic hydroxyl groups is 1. The van der Waals surface area contributed by atoms with Crippen molar-refractivity contribution in [1.29, 1.82) is 0 Å². The Bertz CT molecular complexity index is 612. The number of para-hydroxylation sites is 1. The van der Waals surface area contributed by atoms with Gasteiger partial charge in [0.1, 0.15) is 11.9 Å². The molecule has 0 aliphatic carbocycles. The quantitative estimate of drug-likeness (QED) is 0.805. The van der Waals surface area contributed by atoms with Crippen LogP contribution >= 0.6 is 0 Å². The highest BCUT2D eigenvalue weighted by atomic mass is 16.5. The topological polar surface area (TPSA) is 86.5 Å². The lowest BCUT2D eigenvalue weighted by Gasteiger charge is -2.14. The van der Waals surface area contributed by atoms with Gasteiger partial charge in [-0.15, -0.1) is 5.10 Å². The van der Waals surface area contributed by atoms with Gasteiger partial charge in [0.2, 0.25) is 0 Å². The van der Waals surface area contributed by atoms with Gasteiger partial charge in [-0.25, -0.2) is 9.48 Å². The maximum Gasteiger partial charge on any atom is 0.360 e. The standard InChI is InChI=1S/C14H17N3O4/c1-3-21-14(19)11-8-17(16-15-11)9-12(18)10-6-4-5-7-13(10)20-2/h4-8,12,18H,3,9H2,1-2H3/t12-/m0/s1. The number of esters is 1. The van der Waals surface area contributed by atoms with E-state index in [1.165, 1.54) is 10.9 Å². The molecule has 1 atom stereocenters. The van der Waals surface area contributed by atoms with Gasteiger partial charge >= 0.3 is 5.97 Å². The summed E-state index contributed by atoms with van der Waals surface area (Å²) in [6.07, 6.45) is 0.620. The van der Waals surface area contributed by atoms with Crippen LogP contribution in [0, 0.1) is 0 Å². The average molecular weight is 291 g/mol. The van der Waals surface area contributed by atoms with Crippen LogP contribution in [0.2, 0.25) is 0 Å². The summed E-state index contributed by atoms with van der Waals surface area (Å²) in [6, 6.07) is 7.17. The summed E-state index contributed by atoms with van der Waals surface area (Å²) in [5, 5.41) is 17.8. The lowest BCUT2D eigenvalue weighted by molar-refractivity contribution is 0.0519. The number of ether oxygens (including phenoxy) is 2. The highest BCUT2D eigenvalue weighted by Gasteiger charge is 2.16. The SMILES string of the molecule is CCOC(=O)c1cn(C[C@H](O)c2ccccc2OC)nn1. The van der Waals surface area contributed by atoms with Crippen molar-refractivity contribution in [3.8, 4) is 5.75 Å². The monoisotopic (exact) mass is 291 g/mol. The van der Waals surface area contributed by atoms with E-state index in [9.17, 15) is 9.90 Å². The molecule has 2 aromatic rings. The number of hydrogen-bond acceptors (Lipinski definition) is 6. The third-order valence-electron chi connectivity index (χ3n) is 2.88. The first-order valence-electron chi connectivity index (χ1n) is 6.54. The van der Waals surface area contributed by atoms with Crippen LogP contribution in [0.1, 0.15) is 29.1 Å². The molecule has 7 nitrogen and oxygen atoms in total. The molecule has 1 aromatic heterocycles. The fourth-order valence-corrected chi connectivity index (χ4v) is 1.90. The molecule has 0 bridgehead atoms. The number of hydrogen-bond donors (Lipinski definition) is 1. The number of carbonyl (C=O) groups excluding carboxylic acids is 1. The summed E-state index contributed by atoms with van der Waals surface area (Å²) in [5.74, 6) is 0.0614. The first-order valence-corrected chi connectivity index (χ1v) is 6.54. The van der Waals surface area contributed by atoms with Crippen molar-refractivity contribution in [2.75, 3.05) is 13.7 Å². The van der Waals surface area contributed by atoms with Crippen molar-refractivity contribution in [1.82, 2.24) is 15.0 Å². The molecular formula is C14H17N3O4. The number of nitrogens with zero attached hydrogens (tertiary/aromatic N) is 3. The van der Waals surface area contributed by atoms with Crippen LogP contribution in [0.4, 0.5) is 0 Å². The summed E-state index contributed by atoms with van der Waals surface area (Å²) < 4.78 is 11.4. The van der Waals surface area contributed by atoms with Crippen molar-refractivity contribution in [2.24, 2.45) is 0 Å². The first-order chi connectivity index (χ1) is 10.2. The summed E-state index contributed by atoms with van der Waals surface area (Å²) >= 11 is 0. The van der Waals surface area contributed by atoms with Gasteiger partial charge in [-0.2, -0.15) is 0 Å². The molecule has 1 aromatic carbocycles. The van der Waals surface area contributed by atoms with E-state index in [1.807, 2.05) is 12.1 Å². The van der Waals surface area contributed by atoms with Crippen LogP contribution in [0.5, 0.6) is 5.75 Å². The Labute approximate surface area is 122 Å². The van der Waals surface area contributed by atoms with Gasteiger partial charge in [0, 0.05) is 5.56 Å². The minimum atomic E-state index is -0.821. The van der Waals surface area contributed by atoms with E-state index >= 15 is 0 Å². The smallest absolute Gasteiger partial charge is 0.360 e. The van der Waals surface area contributed by atoms with Gasteiger partial charge in [-0.05, 0) is 13.0 Å². The molecule has 112 valence electrons. The van der Waals surface area contributed by atoms with Gasteiger partial charge in [0.25, 0.3) is 0 Å². The Morgan fingerprint density at radius 3 is 2.90 bits per heavy atom. The molecule has 1 N–H and O–H groups in total. The summed E-state index contributed by atoms with van der Waals surface area (Å²) in [4.78, 5) is 11.5. The van der Waals surface area contributed by atoms with E-state index in [-0.39, 0.29) is 18.8 Å². The Morgan fingerprint density at radius 1 is 1.43 bits per heavy atom. The predicted octanol–water partition coefficient (Wildman–Crippen LogP) is 1.20. The maximum absolute atomic E-state index is 11.5. The van der Waals surface area contributed by atoms with Crippen molar-refractivity contribution >= 4 is 5.97 Å². The third-order valence-corrected chi connectivity index (χ3v) is 2.88. The minimum absolute atomic E-state index is 0.115. The van der Waals surface area contributed by atoms with Crippen molar-refractivity contribution in [2.45, 2.75) is 19.6 Å². The number of aliphatic hydroxyl groups excluding tert-OH is 1. The van der Waals surface area contributed by atoms with Crippen molar-refractivity contribution in [3.05, 3.63) is 41.7 Å². The molecule has 2 rings (SSSR count). The van der Waals surface area contributed by atoms with E-state index in [1.54, 1.807) is 26.2 Å². The Balaban J connectivity index is 2.09. The summed E-state index contributed by atoms with van der Waals surface area (Å²) in [5.41, 5.74) is 0.761. The number of aromatic nitrogens is 3. The lowest BCUT2D eigenvalue weighted by atomic mass is 10.1. The Morgan fingerprint density at radius 2 is 2.19 bits per heavy atom. The van der Waals surface area contributed by atoms with Gasteiger partial charge < -0.3 is 14.6 Å². The van der Waals surface area contributed by atoms with E-state index in [2.05, 4.69) is 10.3 Å². The summed E-state index contributed by atoms with van der Waals surface area (Å²) in [7, 11) is 1.54. The average Bonchev–Trinajstić information content (AvgIpc) is 2.96. The van der Waals surface area contributed by atoms with Crippen LogP contribution < -0.4 is 4.74 Å². The van der Waals surface area contributed by atoms with Gasteiger partial charge in [0.15, 0.2) is 5.69 Å².